The normalized spacial score (nSPS) is 11.2. The topological polar surface area (TPSA) is 101 Å². The van der Waals surface area contributed by atoms with Gasteiger partial charge in [-0.05, 0) is 55.5 Å². The molecule has 0 aliphatic rings. The summed E-state index contributed by atoms with van der Waals surface area (Å²) < 4.78 is 10.3. The largest absolute Gasteiger partial charge is 0.497 e. The van der Waals surface area contributed by atoms with Gasteiger partial charge < -0.3 is 14.8 Å². The number of aromatic nitrogens is 1. The molecular weight excluding hydrogens is 390 g/mol. The van der Waals surface area contributed by atoms with Crippen LogP contribution in [-0.4, -0.2) is 30.1 Å². The first-order chi connectivity index (χ1) is 14.0. The maximum absolute atomic E-state index is 12.3. The van der Waals surface area contributed by atoms with Crippen LogP contribution in [-0.2, 0) is 9.53 Å². The molecule has 1 amide bonds. The van der Waals surface area contributed by atoms with Gasteiger partial charge >= 0.3 is 5.97 Å². The van der Waals surface area contributed by atoms with E-state index in [4.69, 9.17) is 14.7 Å². The van der Waals surface area contributed by atoms with E-state index in [1.54, 1.807) is 36.8 Å². The van der Waals surface area contributed by atoms with Crippen molar-refractivity contribution in [3.63, 3.8) is 0 Å². The quantitative estimate of drug-likeness (QED) is 0.623. The molecule has 1 atom stereocenters. The van der Waals surface area contributed by atoms with Gasteiger partial charge in [0.2, 0.25) is 0 Å². The summed E-state index contributed by atoms with van der Waals surface area (Å²) in [6.07, 6.45) is -1.01. The van der Waals surface area contributed by atoms with Crippen molar-refractivity contribution in [3.8, 4) is 22.4 Å². The molecule has 8 heteroatoms. The number of nitriles is 1. The van der Waals surface area contributed by atoms with Gasteiger partial charge in [0.05, 0.1) is 18.7 Å². The molecule has 3 rings (SSSR count). The molecule has 0 fully saturated rings. The smallest absolute Gasteiger partial charge is 0.358 e. The fourth-order valence-corrected chi connectivity index (χ4v) is 3.18. The molecule has 0 saturated carbocycles. The lowest BCUT2D eigenvalue weighted by molar-refractivity contribution is -0.123. The average molecular weight is 407 g/mol. The number of rotatable bonds is 6. The molecule has 0 bridgehead atoms. The van der Waals surface area contributed by atoms with E-state index < -0.39 is 18.0 Å². The van der Waals surface area contributed by atoms with Crippen LogP contribution in [0.5, 0.6) is 5.75 Å². The van der Waals surface area contributed by atoms with Crippen LogP contribution in [0.2, 0.25) is 0 Å². The minimum atomic E-state index is -1.01. The van der Waals surface area contributed by atoms with E-state index in [0.717, 1.165) is 11.3 Å². The SMILES string of the molecule is COc1ccc(-c2nc(C(=O)O[C@@H](C)C(=O)Nc3ccc(C#N)cc3)cs2)cc1. The zero-order valence-corrected chi connectivity index (χ0v) is 16.5. The van der Waals surface area contributed by atoms with E-state index in [2.05, 4.69) is 10.3 Å². The molecule has 1 aromatic heterocycles. The highest BCUT2D eigenvalue weighted by atomic mass is 32.1. The van der Waals surface area contributed by atoms with Crippen LogP contribution >= 0.6 is 11.3 Å². The Morgan fingerprint density at radius 3 is 2.45 bits per heavy atom. The summed E-state index contributed by atoms with van der Waals surface area (Å²) >= 11 is 1.31. The summed E-state index contributed by atoms with van der Waals surface area (Å²) in [6, 6.07) is 15.7. The zero-order chi connectivity index (χ0) is 20.8. The number of nitrogens with one attached hydrogen (secondary N) is 1. The Bertz CT molecular complexity index is 1050. The molecule has 2 aromatic carbocycles. The number of benzene rings is 2. The molecule has 0 saturated heterocycles. The van der Waals surface area contributed by atoms with Crippen molar-refractivity contribution in [1.29, 1.82) is 5.26 Å². The lowest BCUT2D eigenvalue weighted by Gasteiger charge is -2.12. The van der Waals surface area contributed by atoms with Crippen LogP contribution in [0.15, 0.2) is 53.9 Å². The van der Waals surface area contributed by atoms with Crippen LogP contribution < -0.4 is 10.1 Å². The molecular formula is C21H17N3O4S. The maximum atomic E-state index is 12.3. The highest BCUT2D eigenvalue weighted by Gasteiger charge is 2.21. The number of anilines is 1. The summed E-state index contributed by atoms with van der Waals surface area (Å²) in [4.78, 5) is 28.9. The molecule has 0 aliphatic heterocycles. The second-order valence-corrected chi connectivity index (χ2v) is 6.85. The number of thiazole rings is 1. The van der Waals surface area contributed by atoms with Gasteiger partial charge in [0.15, 0.2) is 11.8 Å². The first-order valence-corrected chi connectivity index (χ1v) is 9.50. The summed E-state index contributed by atoms with van der Waals surface area (Å²) in [7, 11) is 1.59. The first kappa shape index (κ1) is 20.0. The van der Waals surface area contributed by atoms with Gasteiger partial charge in [-0.2, -0.15) is 5.26 Å². The molecule has 146 valence electrons. The van der Waals surface area contributed by atoms with Crippen molar-refractivity contribution in [1.82, 2.24) is 4.98 Å². The van der Waals surface area contributed by atoms with Gasteiger partial charge in [0.25, 0.3) is 5.91 Å². The summed E-state index contributed by atoms with van der Waals surface area (Å²) in [5.41, 5.74) is 1.98. The number of hydrogen-bond acceptors (Lipinski definition) is 7. The van der Waals surface area contributed by atoms with Gasteiger partial charge in [-0.3, -0.25) is 4.79 Å². The lowest BCUT2D eigenvalue weighted by atomic mass is 10.2. The van der Waals surface area contributed by atoms with Gasteiger partial charge in [-0.25, -0.2) is 9.78 Å². The Hall–Kier alpha value is -3.70. The molecule has 29 heavy (non-hydrogen) atoms. The van der Waals surface area contributed by atoms with Crippen molar-refractivity contribution < 1.29 is 19.1 Å². The van der Waals surface area contributed by atoms with Crippen molar-refractivity contribution in [2.45, 2.75) is 13.0 Å². The molecule has 3 aromatic rings. The fourth-order valence-electron chi connectivity index (χ4n) is 2.38. The molecule has 7 nitrogen and oxygen atoms in total. The summed E-state index contributed by atoms with van der Waals surface area (Å²) in [5, 5.41) is 13.7. The van der Waals surface area contributed by atoms with Gasteiger partial charge in [0, 0.05) is 16.6 Å². The van der Waals surface area contributed by atoms with E-state index in [9.17, 15) is 9.59 Å². The lowest BCUT2D eigenvalue weighted by Crippen LogP contribution is -2.30. The minimum absolute atomic E-state index is 0.138. The second-order valence-electron chi connectivity index (χ2n) is 5.99. The van der Waals surface area contributed by atoms with Crippen LogP contribution in [0, 0.1) is 11.3 Å². The van der Waals surface area contributed by atoms with Crippen LogP contribution in [0.25, 0.3) is 10.6 Å². The van der Waals surface area contributed by atoms with Crippen LogP contribution in [0.1, 0.15) is 23.0 Å². The third kappa shape index (κ3) is 4.97. The zero-order valence-electron chi connectivity index (χ0n) is 15.7. The van der Waals surface area contributed by atoms with E-state index in [0.29, 0.717) is 16.3 Å². The Labute approximate surface area is 171 Å². The maximum Gasteiger partial charge on any atom is 0.358 e. The highest BCUT2D eigenvalue weighted by Crippen LogP contribution is 2.26. The Kier molecular flexibility index (Phi) is 6.22. The number of ether oxygens (including phenoxy) is 2. The Morgan fingerprint density at radius 2 is 1.83 bits per heavy atom. The summed E-state index contributed by atoms with van der Waals surface area (Å²) in [5.74, 6) is -0.427. The fraction of sp³-hybridized carbons (Fsp3) is 0.143. The monoisotopic (exact) mass is 407 g/mol. The minimum Gasteiger partial charge on any atom is -0.497 e. The third-order valence-electron chi connectivity index (χ3n) is 3.98. The van der Waals surface area contributed by atoms with Crippen molar-refractivity contribution in [3.05, 3.63) is 65.2 Å². The number of amides is 1. The van der Waals surface area contributed by atoms with E-state index in [1.807, 2.05) is 30.3 Å². The number of hydrogen-bond donors (Lipinski definition) is 1. The summed E-state index contributed by atoms with van der Waals surface area (Å²) in [6.45, 7) is 1.48. The van der Waals surface area contributed by atoms with E-state index >= 15 is 0 Å². The first-order valence-electron chi connectivity index (χ1n) is 8.62. The molecule has 0 unspecified atom stereocenters. The second kappa shape index (κ2) is 8.99. The van der Waals surface area contributed by atoms with Gasteiger partial charge in [-0.1, -0.05) is 0 Å². The predicted molar refractivity (Wildman–Crippen MR) is 109 cm³/mol. The van der Waals surface area contributed by atoms with Crippen molar-refractivity contribution >= 4 is 28.9 Å². The third-order valence-corrected chi connectivity index (χ3v) is 4.88. The average Bonchev–Trinajstić information content (AvgIpc) is 3.24. The van der Waals surface area contributed by atoms with Crippen LogP contribution in [0.4, 0.5) is 5.69 Å². The van der Waals surface area contributed by atoms with Crippen LogP contribution in [0.3, 0.4) is 0 Å². The molecule has 0 spiro atoms. The Balaban J connectivity index is 1.60. The predicted octanol–water partition coefficient (Wildman–Crippen LogP) is 3.87. The van der Waals surface area contributed by atoms with E-state index in [-0.39, 0.29) is 5.69 Å². The van der Waals surface area contributed by atoms with E-state index in [1.165, 1.54) is 18.3 Å². The molecule has 1 N–H and O–H groups in total. The number of carbonyl (C=O) groups is 2. The van der Waals surface area contributed by atoms with Gasteiger partial charge in [-0.15, -0.1) is 11.3 Å². The Morgan fingerprint density at radius 1 is 1.14 bits per heavy atom. The number of methoxy groups -OCH3 is 1. The van der Waals surface area contributed by atoms with Gasteiger partial charge in [0.1, 0.15) is 10.8 Å². The van der Waals surface area contributed by atoms with Crippen molar-refractivity contribution in [2.75, 3.05) is 12.4 Å². The van der Waals surface area contributed by atoms with Crippen molar-refractivity contribution in [2.24, 2.45) is 0 Å². The number of esters is 1. The molecule has 0 aliphatic carbocycles. The number of nitrogens with zero attached hydrogens (tertiary/aromatic N) is 2. The molecule has 0 radical (unpaired) electrons. The highest BCUT2D eigenvalue weighted by molar-refractivity contribution is 7.13. The number of carbonyl (C=O) groups excluding carboxylic acids is 2. The molecule has 1 heterocycles. The standard InChI is InChI=1S/C21H17N3O4S/c1-13(19(25)23-16-7-3-14(11-22)4-8-16)28-21(26)18-12-29-20(24-18)15-5-9-17(27-2)10-6-15/h3-10,12-13H,1-2H3,(H,23,25)/t13-/m0/s1.